The average Bonchev–Trinajstić information content (AvgIpc) is 2.96. The van der Waals surface area contributed by atoms with E-state index in [0.717, 1.165) is 17.0 Å². The molecule has 140 valence electrons. The molecule has 0 atom stereocenters. The molecule has 0 aromatic heterocycles. The van der Waals surface area contributed by atoms with Gasteiger partial charge in [0.15, 0.2) is 5.17 Å². The van der Waals surface area contributed by atoms with Gasteiger partial charge >= 0.3 is 0 Å². The number of hydrogen-bond acceptors (Lipinski definition) is 4. The summed E-state index contributed by atoms with van der Waals surface area (Å²) in [6.07, 6.45) is 1.90. The van der Waals surface area contributed by atoms with Crippen LogP contribution in [0.1, 0.15) is 38.8 Å². The number of benzene rings is 2. The summed E-state index contributed by atoms with van der Waals surface area (Å²) in [5.74, 6) is 0.688. The van der Waals surface area contributed by atoms with E-state index in [-0.39, 0.29) is 11.3 Å². The van der Waals surface area contributed by atoms with Crippen molar-refractivity contribution >= 4 is 34.6 Å². The number of nitrogens with zero attached hydrogens (tertiary/aromatic N) is 1. The van der Waals surface area contributed by atoms with Crippen LogP contribution in [0.2, 0.25) is 0 Å². The van der Waals surface area contributed by atoms with Crippen molar-refractivity contribution < 1.29 is 9.53 Å². The Hall–Kier alpha value is -2.53. The molecule has 0 spiro atoms. The first-order valence-corrected chi connectivity index (χ1v) is 9.80. The molecule has 0 radical (unpaired) electrons. The standard InChI is InChI=1S/C22H24N2O2S/c1-5-26-18-12-10-17(11-13-18)23-21-24-20(25)19(27-21)14-15-6-8-16(9-7-15)22(2,3)4/h6-14H,5H2,1-4H3,(H,23,24,25)/b19-14+. The van der Waals surface area contributed by atoms with Crippen molar-refractivity contribution in [2.45, 2.75) is 33.1 Å². The predicted molar refractivity (Wildman–Crippen MR) is 114 cm³/mol. The fraction of sp³-hybridized carbons (Fsp3) is 0.273. The van der Waals surface area contributed by atoms with Crippen molar-refractivity contribution in [3.8, 4) is 5.75 Å². The highest BCUT2D eigenvalue weighted by atomic mass is 32.2. The molecule has 4 nitrogen and oxygen atoms in total. The van der Waals surface area contributed by atoms with E-state index in [1.54, 1.807) is 0 Å². The smallest absolute Gasteiger partial charge is 0.264 e. The molecule has 1 heterocycles. The van der Waals surface area contributed by atoms with Gasteiger partial charge in [-0.1, -0.05) is 45.0 Å². The van der Waals surface area contributed by atoms with Gasteiger partial charge in [0.05, 0.1) is 17.2 Å². The second-order valence-corrected chi connectivity index (χ2v) is 8.31. The van der Waals surface area contributed by atoms with E-state index in [2.05, 4.69) is 43.2 Å². The summed E-state index contributed by atoms with van der Waals surface area (Å²) >= 11 is 1.35. The fourth-order valence-electron chi connectivity index (χ4n) is 2.61. The lowest BCUT2D eigenvalue weighted by atomic mass is 9.87. The zero-order chi connectivity index (χ0) is 19.4. The van der Waals surface area contributed by atoms with Gasteiger partial charge in [0.2, 0.25) is 0 Å². The Kier molecular flexibility index (Phi) is 5.71. The first-order chi connectivity index (χ1) is 12.8. The second-order valence-electron chi connectivity index (χ2n) is 7.28. The molecule has 0 saturated carbocycles. The maximum Gasteiger partial charge on any atom is 0.264 e. The summed E-state index contributed by atoms with van der Waals surface area (Å²) in [6.45, 7) is 9.13. The van der Waals surface area contributed by atoms with Crippen LogP contribution < -0.4 is 10.1 Å². The third-order valence-corrected chi connectivity index (χ3v) is 5.01. The van der Waals surface area contributed by atoms with Crippen LogP contribution in [-0.2, 0) is 10.2 Å². The van der Waals surface area contributed by atoms with Crippen molar-refractivity contribution in [3.63, 3.8) is 0 Å². The molecule has 1 saturated heterocycles. The molecular weight excluding hydrogens is 356 g/mol. The fourth-order valence-corrected chi connectivity index (χ4v) is 3.45. The van der Waals surface area contributed by atoms with Crippen LogP contribution in [0, 0.1) is 0 Å². The zero-order valence-electron chi connectivity index (χ0n) is 16.1. The van der Waals surface area contributed by atoms with E-state index in [1.807, 2.05) is 49.4 Å². The van der Waals surface area contributed by atoms with Crippen molar-refractivity contribution in [1.29, 1.82) is 0 Å². The summed E-state index contributed by atoms with van der Waals surface area (Å²) in [7, 11) is 0. The van der Waals surface area contributed by atoms with Crippen LogP contribution in [-0.4, -0.2) is 17.7 Å². The Morgan fingerprint density at radius 3 is 2.33 bits per heavy atom. The summed E-state index contributed by atoms with van der Waals surface area (Å²) in [4.78, 5) is 17.4. The summed E-state index contributed by atoms with van der Waals surface area (Å²) in [6, 6.07) is 15.8. The highest BCUT2D eigenvalue weighted by Gasteiger charge is 2.23. The summed E-state index contributed by atoms with van der Waals surface area (Å²) in [5, 5.41) is 3.41. The maximum absolute atomic E-state index is 12.2. The molecule has 1 amide bonds. The van der Waals surface area contributed by atoms with Crippen LogP contribution in [0.25, 0.3) is 6.08 Å². The average molecular weight is 381 g/mol. The first kappa shape index (κ1) is 19.2. The highest BCUT2D eigenvalue weighted by molar-refractivity contribution is 8.18. The lowest BCUT2D eigenvalue weighted by Crippen LogP contribution is -2.19. The normalized spacial score (nSPS) is 17.4. The number of hydrogen-bond donors (Lipinski definition) is 1. The Labute approximate surface area is 164 Å². The first-order valence-electron chi connectivity index (χ1n) is 8.98. The van der Waals surface area contributed by atoms with Crippen molar-refractivity contribution in [2.24, 2.45) is 4.99 Å². The second kappa shape index (κ2) is 8.01. The lowest BCUT2D eigenvalue weighted by molar-refractivity contribution is -0.115. The quantitative estimate of drug-likeness (QED) is 0.735. The molecule has 1 fully saturated rings. The van der Waals surface area contributed by atoms with Gasteiger partial charge in [0.1, 0.15) is 5.75 Å². The zero-order valence-corrected chi connectivity index (χ0v) is 16.9. The molecule has 0 unspecified atom stereocenters. The number of ether oxygens (including phenoxy) is 1. The van der Waals surface area contributed by atoms with Crippen LogP contribution in [0.3, 0.4) is 0 Å². The minimum Gasteiger partial charge on any atom is -0.494 e. The number of amides is 1. The van der Waals surface area contributed by atoms with Gasteiger partial charge in [-0.15, -0.1) is 0 Å². The van der Waals surface area contributed by atoms with Gasteiger partial charge in [0, 0.05) is 0 Å². The van der Waals surface area contributed by atoms with E-state index < -0.39 is 0 Å². The molecule has 5 heteroatoms. The number of carbonyl (C=O) groups excluding carboxylic acids is 1. The van der Waals surface area contributed by atoms with Crippen LogP contribution in [0.15, 0.2) is 58.4 Å². The van der Waals surface area contributed by atoms with Gasteiger partial charge in [0.25, 0.3) is 5.91 Å². The predicted octanol–water partition coefficient (Wildman–Crippen LogP) is 5.27. The van der Waals surface area contributed by atoms with Gasteiger partial charge < -0.3 is 10.1 Å². The van der Waals surface area contributed by atoms with Crippen LogP contribution >= 0.6 is 11.8 Å². The number of aliphatic imine (C=N–C) groups is 1. The molecule has 0 bridgehead atoms. The molecule has 1 aliphatic heterocycles. The number of carbonyl (C=O) groups is 1. The third-order valence-electron chi connectivity index (χ3n) is 4.10. The lowest BCUT2D eigenvalue weighted by Gasteiger charge is -2.18. The van der Waals surface area contributed by atoms with Gasteiger partial charge in [-0.2, -0.15) is 0 Å². The number of amidine groups is 1. The number of thioether (sulfide) groups is 1. The summed E-state index contributed by atoms with van der Waals surface area (Å²) < 4.78 is 5.43. The van der Waals surface area contributed by atoms with Crippen molar-refractivity contribution in [3.05, 3.63) is 64.6 Å². The number of nitrogens with one attached hydrogen (secondary N) is 1. The SMILES string of the molecule is CCOc1ccc(N=C2NC(=O)/C(=C\c3ccc(C(C)(C)C)cc3)S2)cc1. The number of rotatable bonds is 4. The third kappa shape index (κ3) is 5.01. The Morgan fingerprint density at radius 1 is 1.07 bits per heavy atom. The monoisotopic (exact) mass is 380 g/mol. The highest BCUT2D eigenvalue weighted by Crippen LogP contribution is 2.29. The van der Waals surface area contributed by atoms with E-state index >= 15 is 0 Å². The molecule has 0 aliphatic carbocycles. The Bertz CT molecular complexity index is 876. The molecule has 1 N–H and O–H groups in total. The molecule has 2 aromatic carbocycles. The van der Waals surface area contributed by atoms with Gasteiger partial charge in [-0.25, -0.2) is 4.99 Å². The van der Waals surface area contributed by atoms with Crippen molar-refractivity contribution in [1.82, 2.24) is 5.32 Å². The van der Waals surface area contributed by atoms with E-state index in [1.165, 1.54) is 17.3 Å². The summed E-state index contributed by atoms with van der Waals surface area (Å²) in [5.41, 5.74) is 3.16. The largest absolute Gasteiger partial charge is 0.494 e. The Morgan fingerprint density at radius 2 is 1.74 bits per heavy atom. The van der Waals surface area contributed by atoms with Crippen molar-refractivity contribution in [2.75, 3.05) is 6.61 Å². The van der Waals surface area contributed by atoms with Crippen LogP contribution in [0.5, 0.6) is 5.75 Å². The molecule has 2 aromatic rings. The molecule has 1 aliphatic rings. The minimum absolute atomic E-state index is 0.114. The molecular formula is C22H24N2O2S. The minimum atomic E-state index is -0.121. The van der Waals surface area contributed by atoms with Gasteiger partial charge in [-0.3, -0.25) is 4.79 Å². The topological polar surface area (TPSA) is 50.7 Å². The van der Waals surface area contributed by atoms with E-state index in [0.29, 0.717) is 16.7 Å². The molecule has 3 rings (SSSR count). The Balaban J connectivity index is 1.73. The van der Waals surface area contributed by atoms with E-state index in [9.17, 15) is 4.79 Å². The van der Waals surface area contributed by atoms with Crippen LogP contribution in [0.4, 0.5) is 5.69 Å². The van der Waals surface area contributed by atoms with Gasteiger partial charge in [-0.05, 0) is 65.6 Å². The van der Waals surface area contributed by atoms with E-state index in [4.69, 9.17) is 4.74 Å². The maximum atomic E-state index is 12.2. The molecule has 27 heavy (non-hydrogen) atoms.